The second-order valence-corrected chi connectivity index (χ2v) is 10.0. The molecule has 26 heavy (non-hydrogen) atoms. The summed E-state index contributed by atoms with van der Waals surface area (Å²) in [4.78, 5) is 0. The van der Waals surface area contributed by atoms with E-state index in [0.717, 1.165) is 25.7 Å². The number of aliphatic hydroxyl groups is 3. The predicted octanol–water partition coefficient (Wildman–Crippen LogP) is 3.24. The Bertz CT molecular complexity index is 647. The first-order chi connectivity index (χ1) is 12.2. The molecule has 4 saturated carbocycles. The third-order valence-electron chi connectivity index (χ3n) is 9.10. The van der Waals surface area contributed by atoms with Crippen LogP contribution in [0.25, 0.3) is 0 Å². The van der Waals surface area contributed by atoms with Gasteiger partial charge in [0.25, 0.3) is 0 Å². The van der Waals surface area contributed by atoms with Crippen LogP contribution in [0.4, 0.5) is 4.39 Å². The molecule has 3 N–H and O–H groups in total. The Kier molecular flexibility index (Phi) is 4.44. The Morgan fingerprint density at radius 2 is 1.65 bits per heavy atom. The molecule has 0 amide bonds. The van der Waals surface area contributed by atoms with Crippen LogP contribution in [0.15, 0.2) is 0 Å². The summed E-state index contributed by atoms with van der Waals surface area (Å²) in [7, 11) is 0. The monoisotopic (exact) mass is 384 g/mol. The minimum absolute atomic E-state index is 0.0589. The molecule has 146 valence electrons. The normalized spacial score (nSPS) is 58.8. The second kappa shape index (κ2) is 6.08. The lowest BCUT2D eigenvalue weighted by molar-refractivity contribution is -0.200. The van der Waals surface area contributed by atoms with Gasteiger partial charge in [-0.05, 0) is 79.7 Å². The highest BCUT2D eigenvalue weighted by Crippen LogP contribution is 2.68. The molecule has 4 aliphatic rings. The second-order valence-electron chi connectivity index (χ2n) is 9.83. The number of halogens is 2. The molecule has 0 heterocycles. The van der Waals surface area contributed by atoms with Gasteiger partial charge in [0.15, 0.2) is 0 Å². The predicted molar refractivity (Wildman–Crippen MR) is 98.0 cm³/mol. The van der Waals surface area contributed by atoms with Gasteiger partial charge in [-0.2, -0.15) is 0 Å². The van der Waals surface area contributed by atoms with Gasteiger partial charge in [-0.1, -0.05) is 19.8 Å². The van der Waals surface area contributed by atoms with Crippen LogP contribution in [-0.4, -0.2) is 39.3 Å². The minimum atomic E-state index is -1.25. The van der Waals surface area contributed by atoms with E-state index in [-0.39, 0.29) is 34.5 Å². The molecule has 4 aliphatic carbocycles. The van der Waals surface area contributed by atoms with Crippen LogP contribution >= 0.6 is 11.6 Å². The Balaban J connectivity index is 1.70. The molecule has 0 bridgehead atoms. The van der Waals surface area contributed by atoms with E-state index < -0.39 is 24.0 Å². The molecule has 0 aromatic rings. The summed E-state index contributed by atoms with van der Waals surface area (Å²) in [5.41, 5.74) is -1.68. The fraction of sp³-hybridized carbons (Fsp3) is 0.905. The van der Waals surface area contributed by atoms with Gasteiger partial charge < -0.3 is 15.3 Å². The highest BCUT2D eigenvalue weighted by atomic mass is 35.5. The van der Waals surface area contributed by atoms with Crippen LogP contribution in [0.2, 0.25) is 0 Å². The fourth-order valence-corrected chi connectivity index (χ4v) is 7.67. The van der Waals surface area contributed by atoms with E-state index in [4.69, 9.17) is 11.6 Å². The Labute approximate surface area is 160 Å². The summed E-state index contributed by atoms with van der Waals surface area (Å²) in [6.45, 7) is 4.26. The van der Waals surface area contributed by atoms with Crippen LogP contribution in [-0.2, 0) is 0 Å². The summed E-state index contributed by atoms with van der Waals surface area (Å²) in [6.07, 6.45) is 2.04. The maximum Gasteiger partial charge on any atom is 0.132 e. The summed E-state index contributed by atoms with van der Waals surface area (Å²) in [5, 5.41) is 34.6. The van der Waals surface area contributed by atoms with E-state index in [1.165, 1.54) is 0 Å². The molecule has 0 aliphatic heterocycles. The number of hydrogen-bond donors (Lipinski definition) is 3. The van der Waals surface area contributed by atoms with Crippen molar-refractivity contribution in [2.24, 2.45) is 34.5 Å². The number of aliphatic hydroxyl groups excluding tert-OH is 2. The van der Waals surface area contributed by atoms with Crippen molar-refractivity contribution < 1.29 is 19.7 Å². The molecule has 0 spiro atoms. The highest BCUT2D eigenvalue weighted by molar-refractivity contribution is 6.30. The topological polar surface area (TPSA) is 60.7 Å². The third kappa shape index (κ3) is 2.30. The van der Waals surface area contributed by atoms with E-state index in [1.807, 2.05) is 0 Å². The molecule has 0 radical (unpaired) electrons. The first-order valence-electron chi connectivity index (χ1n) is 10.0. The summed E-state index contributed by atoms with van der Waals surface area (Å²) in [6, 6.07) is 0. The van der Waals surface area contributed by atoms with Crippen LogP contribution in [0.1, 0.15) is 58.8 Å². The third-order valence-corrected chi connectivity index (χ3v) is 9.20. The zero-order valence-electron chi connectivity index (χ0n) is 15.6. The van der Waals surface area contributed by atoms with Gasteiger partial charge in [0.1, 0.15) is 11.8 Å². The zero-order valence-corrected chi connectivity index (χ0v) is 16.3. The first-order valence-corrected chi connectivity index (χ1v) is 10.4. The van der Waals surface area contributed by atoms with Gasteiger partial charge in [0.2, 0.25) is 0 Å². The van der Waals surface area contributed by atoms with Gasteiger partial charge in [-0.25, -0.2) is 4.39 Å². The van der Waals surface area contributed by atoms with Crippen LogP contribution < -0.4 is 0 Å². The Morgan fingerprint density at radius 1 is 0.962 bits per heavy atom. The van der Waals surface area contributed by atoms with Gasteiger partial charge in [-0.15, -0.1) is 0 Å². The molecule has 0 aromatic heterocycles. The molecule has 3 nitrogen and oxygen atoms in total. The molecule has 5 heteroatoms. The fourth-order valence-electron chi connectivity index (χ4n) is 7.51. The van der Waals surface area contributed by atoms with Crippen molar-refractivity contribution >= 4 is 11.6 Å². The van der Waals surface area contributed by atoms with Gasteiger partial charge in [0, 0.05) is 16.7 Å². The van der Waals surface area contributed by atoms with Crippen molar-refractivity contribution in [2.45, 2.75) is 82.8 Å². The lowest BCUT2D eigenvalue weighted by Crippen LogP contribution is -2.62. The summed E-state index contributed by atoms with van der Waals surface area (Å²) in [5.74, 6) is 3.02. The molecule has 5 unspecified atom stereocenters. The van der Waals surface area contributed by atoms with E-state index in [0.29, 0.717) is 19.3 Å². The van der Waals surface area contributed by atoms with Crippen molar-refractivity contribution in [1.29, 1.82) is 0 Å². The van der Waals surface area contributed by atoms with Gasteiger partial charge >= 0.3 is 0 Å². The molecular weight excluding hydrogens is 355 g/mol. The first kappa shape index (κ1) is 19.0. The maximum atomic E-state index is 14.8. The summed E-state index contributed by atoms with van der Waals surface area (Å²) < 4.78 is 14.8. The standard InChI is InChI=1S/C21H30ClFO3/c1-19-6-5-15(24)18(23)14(19)11-16(25)17-12(19)3-7-20(2)13(17)4-8-21(20,26)9-10-22/h12-18,24-26H,3-8,11H2,1-2H3/t12-,13+,14?,15?,16?,17-,18?,19-,20+,21?/m1/s1. The van der Waals surface area contributed by atoms with Crippen molar-refractivity contribution in [1.82, 2.24) is 0 Å². The van der Waals surface area contributed by atoms with Gasteiger partial charge in [-0.3, -0.25) is 0 Å². The summed E-state index contributed by atoms with van der Waals surface area (Å²) >= 11 is 5.64. The largest absolute Gasteiger partial charge is 0.393 e. The number of alkyl halides is 1. The Hall–Kier alpha value is -0.340. The maximum absolute atomic E-state index is 14.8. The molecule has 10 atom stereocenters. The molecule has 0 saturated heterocycles. The van der Waals surface area contributed by atoms with Crippen molar-refractivity contribution in [3.63, 3.8) is 0 Å². The molecule has 4 rings (SSSR count). The minimum Gasteiger partial charge on any atom is -0.393 e. The number of rotatable bonds is 0. The van der Waals surface area contributed by atoms with Crippen molar-refractivity contribution in [2.75, 3.05) is 0 Å². The average molecular weight is 385 g/mol. The SMILES string of the molecule is C[C@]12CCC(O)C(F)C1CC(O)[C@@H]1[C@H]2CC[C@@]2(C)[C@H]1CCC2(O)C#CCl. The molecular formula is C21H30ClFO3. The van der Waals surface area contributed by atoms with Crippen LogP contribution in [0.3, 0.4) is 0 Å². The highest BCUT2D eigenvalue weighted by Gasteiger charge is 2.67. The van der Waals surface area contributed by atoms with Crippen molar-refractivity contribution in [3.8, 4) is 11.3 Å². The van der Waals surface area contributed by atoms with Crippen molar-refractivity contribution in [3.05, 3.63) is 0 Å². The van der Waals surface area contributed by atoms with E-state index in [2.05, 4.69) is 25.1 Å². The smallest absolute Gasteiger partial charge is 0.132 e. The Morgan fingerprint density at radius 3 is 2.35 bits per heavy atom. The van der Waals surface area contributed by atoms with E-state index >= 15 is 0 Å². The molecule has 0 aromatic carbocycles. The van der Waals surface area contributed by atoms with Crippen LogP contribution in [0.5, 0.6) is 0 Å². The quantitative estimate of drug-likeness (QED) is 0.562. The van der Waals surface area contributed by atoms with Crippen LogP contribution in [0, 0.1) is 45.8 Å². The lowest BCUT2D eigenvalue weighted by Gasteiger charge is -2.62. The lowest BCUT2D eigenvalue weighted by atomic mass is 9.43. The van der Waals surface area contributed by atoms with E-state index in [9.17, 15) is 19.7 Å². The average Bonchev–Trinajstić information content (AvgIpc) is 2.85. The van der Waals surface area contributed by atoms with Gasteiger partial charge in [0.05, 0.1) is 12.2 Å². The molecule has 4 fully saturated rings. The van der Waals surface area contributed by atoms with E-state index in [1.54, 1.807) is 0 Å². The number of fused-ring (bicyclic) bond motifs is 5. The zero-order chi connectivity index (χ0) is 18.9. The number of hydrogen-bond acceptors (Lipinski definition) is 3.